The summed E-state index contributed by atoms with van der Waals surface area (Å²) in [6.45, 7) is -14.3. The number of benzene rings is 1. The third-order valence-electron chi connectivity index (χ3n) is 5.94. The van der Waals surface area contributed by atoms with Crippen LogP contribution in [0.3, 0.4) is 0 Å². The fourth-order valence-electron chi connectivity index (χ4n) is 3.85. The SMILES string of the molecule is [2H]C([2H])([2H])n1cc(-c2cc3c(N4C([2H])([2H])C([2H])([2H])N(c5ncc([C@](C)(N)c6ccc(F)cc6)cn5)C([2H])([2H])C4([2H])[2H])ncnn3c2)cn1. The van der Waals surface area contributed by atoms with E-state index in [4.69, 9.17) is 20.8 Å². The maximum absolute atomic E-state index is 13.5. The summed E-state index contributed by atoms with van der Waals surface area (Å²) in [7, 11) is 0. The molecule has 0 spiro atoms. The van der Waals surface area contributed by atoms with E-state index < -0.39 is 56.1 Å². The molecule has 10 nitrogen and oxygen atoms in total. The summed E-state index contributed by atoms with van der Waals surface area (Å²) in [5.41, 5.74) is 6.63. The minimum atomic E-state index is -3.34. The van der Waals surface area contributed by atoms with E-state index in [-0.39, 0.29) is 20.9 Å². The van der Waals surface area contributed by atoms with Gasteiger partial charge in [-0.25, -0.2) is 23.9 Å². The number of fused-ring (bicyclic) bond motifs is 1. The van der Waals surface area contributed by atoms with Gasteiger partial charge in [0, 0.05) is 78.6 Å². The standard InChI is InChI=1S/C26H27FN10/c1-26(28,20-3-5-22(27)6-4-20)21-13-29-25(30-14-21)36-9-7-35(8-10-36)24-23-11-18(16-37(23)33-17-31-24)19-12-32-34(2)15-19/h3-6,11-17H,7-10,28H2,1-2H3/t26-/m1/s1/i2D3,7D2,8D2,9D2,10D2. The third-order valence-corrected chi connectivity index (χ3v) is 5.94. The van der Waals surface area contributed by atoms with Crippen LogP contribution in [0.5, 0.6) is 0 Å². The second-order valence-corrected chi connectivity index (χ2v) is 8.41. The lowest BCUT2D eigenvalue weighted by Gasteiger charge is -2.35. The van der Waals surface area contributed by atoms with Crippen molar-refractivity contribution in [1.82, 2.24) is 34.3 Å². The van der Waals surface area contributed by atoms with Gasteiger partial charge in [0.15, 0.2) is 5.82 Å². The van der Waals surface area contributed by atoms with Crippen LogP contribution >= 0.6 is 0 Å². The maximum atomic E-state index is 13.5. The number of nitrogens with two attached hydrogens (primary N) is 1. The molecule has 1 aromatic carbocycles. The van der Waals surface area contributed by atoms with Gasteiger partial charge in [0.1, 0.15) is 17.7 Å². The Bertz CT molecular complexity index is 1960. The van der Waals surface area contributed by atoms with Crippen LogP contribution in [0.1, 0.15) is 33.1 Å². The molecule has 1 aliphatic heterocycles. The Kier molecular flexibility index (Phi) is 3.33. The number of aromatic nitrogens is 7. The molecule has 1 aliphatic rings. The van der Waals surface area contributed by atoms with Crippen molar-refractivity contribution >= 4 is 17.3 Å². The molecular weight excluding hydrogens is 471 g/mol. The molecule has 5 heterocycles. The normalized spacial score (nSPS) is 26.0. The average Bonchev–Trinajstić information content (AvgIpc) is 3.65. The molecule has 11 heteroatoms. The van der Waals surface area contributed by atoms with Crippen LogP contribution in [-0.2, 0) is 12.5 Å². The third kappa shape index (κ3) is 4.27. The lowest BCUT2D eigenvalue weighted by molar-refractivity contribution is 0.585. The second-order valence-electron chi connectivity index (χ2n) is 8.41. The van der Waals surface area contributed by atoms with E-state index in [1.165, 1.54) is 65.8 Å². The molecule has 37 heavy (non-hydrogen) atoms. The zero-order chi connectivity index (χ0) is 35.2. The van der Waals surface area contributed by atoms with Crippen LogP contribution in [0.25, 0.3) is 16.6 Å². The molecule has 1 fully saturated rings. The molecular formula is C26H27FN10. The molecule has 0 aliphatic carbocycles. The summed E-state index contributed by atoms with van der Waals surface area (Å²) in [5, 5.41) is 7.92. The molecule has 0 saturated carbocycles. The van der Waals surface area contributed by atoms with Crippen molar-refractivity contribution in [2.45, 2.75) is 12.5 Å². The second kappa shape index (κ2) is 8.93. The molecule has 188 valence electrons. The molecule has 6 rings (SSSR count). The Morgan fingerprint density at radius 3 is 2.35 bits per heavy atom. The van der Waals surface area contributed by atoms with E-state index in [9.17, 15) is 4.39 Å². The van der Waals surface area contributed by atoms with Crippen LogP contribution in [-0.4, -0.2) is 60.3 Å². The van der Waals surface area contributed by atoms with E-state index >= 15 is 0 Å². The quantitative estimate of drug-likeness (QED) is 0.385. The zero-order valence-electron chi connectivity index (χ0n) is 30.3. The number of hydrogen-bond donors (Lipinski definition) is 1. The molecule has 0 amide bonds. The van der Waals surface area contributed by atoms with Gasteiger partial charge in [-0.1, -0.05) is 12.1 Å². The summed E-state index contributed by atoms with van der Waals surface area (Å²) in [5.74, 6) is -1.63. The van der Waals surface area contributed by atoms with Gasteiger partial charge in [-0.3, -0.25) is 4.68 Å². The van der Waals surface area contributed by atoms with Gasteiger partial charge in [-0.15, -0.1) is 0 Å². The highest BCUT2D eigenvalue weighted by Gasteiger charge is 2.26. The highest BCUT2D eigenvalue weighted by Crippen LogP contribution is 2.29. The number of aryl methyl sites for hydroxylation is 1. The summed E-state index contributed by atoms with van der Waals surface area (Å²) >= 11 is 0. The number of rotatable bonds is 5. The van der Waals surface area contributed by atoms with Crippen molar-refractivity contribution in [3.8, 4) is 11.1 Å². The van der Waals surface area contributed by atoms with E-state index in [1.807, 2.05) is 0 Å². The predicted octanol–water partition coefficient (Wildman–Crippen LogP) is 2.61. The minimum absolute atomic E-state index is 0.0365. The Labute approximate surface area is 228 Å². The number of piperazine rings is 1. The number of hydrogen-bond acceptors (Lipinski definition) is 8. The van der Waals surface area contributed by atoms with E-state index in [2.05, 4.69) is 25.1 Å². The van der Waals surface area contributed by atoms with Gasteiger partial charge >= 0.3 is 0 Å². The largest absolute Gasteiger partial charge is 0.351 e. The predicted molar refractivity (Wildman–Crippen MR) is 139 cm³/mol. The highest BCUT2D eigenvalue weighted by molar-refractivity contribution is 5.77. The first-order chi connectivity index (χ1) is 22.1. The molecule has 0 radical (unpaired) electrons. The monoisotopic (exact) mass is 509 g/mol. The molecule has 1 saturated heterocycles. The fraction of sp³-hybridized carbons (Fsp3) is 0.269. The summed E-state index contributed by atoms with van der Waals surface area (Å²) in [4.78, 5) is 12.7. The van der Waals surface area contributed by atoms with Crippen molar-refractivity contribution in [2.75, 3.05) is 35.8 Å². The molecule has 4 aromatic heterocycles. The average molecular weight is 510 g/mol. The fourth-order valence-corrected chi connectivity index (χ4v) is 3.85. The first-order valence-corrected chi connectivity index (χ1v) is 11.0. The van der Waals surface area contributed by atoms with Crippen LogP contribution in [0.15, 0.2) is 67.6 Å². The van der Waals surface area contributed by atoms with Gasteiger partial charge in [0.05, 0.1) is 22.7 Å². The van der Waals surface area contributed by atoms with Crippen LogP contribution < -0.4 is 15.5 Å². The molecule has 0 bridgehead atoms. The number of nitrogens with zero attached hydrogens (tertiary/aromatic N) is 9. The summed E-state index contributed by atoms with van der Waals surface area (Å²) in [6, 6.07) is 6.76. The van der Waals surface area contributed by atoms with Gasteiger partial charge in [-0.2, -0.15) is 10.2 Å². The number of anilines is 2. The summed E-state index contributed by atoms with van der Waals surface area (Å²) in [6.07, 6.45) is 7.29. The van der Waals surface area contributed by atoms with Crippen molar-refractivity contribution < 1.29 is 19.5 Å². The molecule has 0 unspecified atom stereocenters. The minimum Gasteiger partial charge on any atom is -0.351 e. The number of halogens is 1. The van der Waals surface area contributed by atoms with Crippen LogP contribution in [0, 0.1) is 5.82 Å². The smallest absolute Gasteiger partial charge is 0.225 e. The van der Waals surface area contributed by atoms with Crippen LogP contribution in [0.4, 0.5) is 16.2 Å². The first-order valence-electron chi connectivity index (χ1n) is 16.5. The Balaban J connectivity index is 1.42. The van der Waals surface area contributed by atoms with Crippen molar-refractivity contribution in [3.63, 3.8) is 0 Å². The Hall–Kier alpha value is -4.38. The molecule has 5 aromatic rings. The van der Waals surface area contributed by atoms with Gasteiger partial charge in [-0.05, 0) is 30.7 Å². The topological polar surface area (TPSA) is 106 Å². The van der Waals surface area contributed by atoms with Gasteiger partial charge < -0.3 is 15.5 Å². The van der Waals surface area contributed by atoms with Crippen molar-refractivity contribution in [2.24, 2.45) is 12.7 Å². The lowest BCUT2D eigenvalue weighted by Crippen LogP contribution is -2.47. The Morgan fingerprint density at radius 2 is 1.65 bits per heavy atom. The van der Waals surface area contributed by atoms with Crippen LogP contribution in [0.2, 0.25) is 0 Å². The van der Waals surface area contributed by atoms with Crippen molar-refractivity contribution in [1.29, 1.82) is 0 Å². The van der Waals surface area contributed by atoms with Gasteiger partial charge in [0.25, 0.3) is 0 Å². The van der Waals surface area contributed by atoms with Crippen molar-refractivity contribution in [3.05, 3.63) is 84.6 Å². The first kappa shape index (κ1) is 13.8. The highest BCUT2D eigenvalue weighted by atomic mass is 19.1. The van der Waals surface area contributed by atoms with Gasteiger partial charge in [0.2, 0.25) is 5.95 Å². The van der Waals surface area contributed by atoms with E-state index in [1.54, 1.807) is 6.92 Å². The molecule has 2 N–H and O–H groups in total. The Morgan fingerprint density at radius 1 is 0.919 bits per heavy atom. The lowest BCUT2D eigenvalue weighted by atomic mass is 9.87. The summed E-state index contributed by atoms with van der Waals surface area (Å²) < 4.78 is 109. The van der Waals surface area contributed by atoms with E-state index in [0.29, 0.717) is 16.7 Å². The zero-order valence-corrected chi connectivity index (χ0v) is 19.3. The maximum Gasteiger partial charge on any atom is 0.225 e. The van der Waals surface area contributed by atoms with E-state index in [0.717, 1.165) is 11.0 Å². The molecule has 1 atom stereocenters.